The minimum atomic E-state index is -0.762. The lowest BCUT2D eigenvalue weighted by Crippen LogP contribution is -2.30. The lowest BCUT2D eigenvalue weighted by molar-refractivity contribution is -0.167. The van der Waals surface area contributed by atoms with Crippen LogP contribution in [0.25, 0.3) is 0 Å². The highest BCUT2D eigenvalue weighted by molar-refractivity contribution is 5.71. The molecule has 0 heterocycles. The molecular formula is C53H102O6. The lowest BCUT2D eigenvalue weighted by atomic mass is 9.99. The Labute approximate surface area is 368 Å². The Kier molecular flexibility index (Phi) is 44.7. The summed E-state index contributed by atoms with van der Waals surface area (Å²) < 4.78 is 16.8. The molecule has 0 radical (unpaired) electrons. The van der Waals surface area contributed by atoms with Gasteiger partial charge in [0.25, 0.3) is 0 Å². The van der Waals surface area contributed by atoms with Gasteiger partial charge in [0.2, 0.25) is 0 Å². The molecule has 0 saturated heterocycles. The van der Waals surface area contributed by atoms with Crippen LogP contribution in [-0.4, -0.2) is 37.2 Å². The summed E-state index contributed by atoms with van der Waals surface area (Å²) in [5.41, 5.74) is 0. The van der Waals surface area contributed by atoms with E-state index in [1.165, 1.54) is 180 Å². The molecule has 0 aliphatic heterocycles. The Hall–Kier alpha value is -1.59. The van der Waals surface area contributed by atoms with Crippen molar-refractivity contribution in [3.63, 3.8) is 0 Å². The maximum atomic E-state index is 12.8. The van der Waals surface area contributed by atoms with E-state index in [0.717, 1.165) is 69.6 Å². The van der Waals surface area contributed by atoms with Crippen molar-refractivity contribution in [1.29, 1.82) is 0 Å². The van der Waals surface area contributed by atoms with E-state index in [2.05, 4.69) is 34.6 Å². The van der Waals surface area contributed by atoms with E-state index in [1.807, 2.05) is 0 Å². The number of unbranched alkanes of at least 4 members (excludes halogenated alkanes) is 31. The van der Waals surface area contributed by atoms with Gasteiger partial charge in [-0.3, -0.25) is 14.4 Å². The highest BCUT2D eigenvalue weighted by Gasteiger charge is 2.19. The molecule has 0 aromatic carbocycles. The predicted molar refractivity (Wildman–Crippen MR) is 252 cm³/mol. The summed E-state index contributed by atoms with van der Waals surface area (Å²) >= 11 is 0. The molecule has 0 aliphatic rings. The first kappa shape index (κ1) is 57.4. The number of hydrogen-bond acceptors (Lipinski definition) is 6. The van der Waals surface area contributed by atoms with Gasteiger partial charge in [0, 0.05) is 19.3 Å². The maximum Gasteiger partial charge on any atom is 0.306 e. The van der Waals surface area contributed by atoms with Gasteiger partial charge in [-0.1, -0.05) is 253 Å². The first-order valence-electron chi connectivity index (χ1n) is 26.3. The minimum absolute atomic E-state index is 0.0641. The van der Waals surface area contributed by atoms with Crippen molar-refractivity contribution in [2.45, 2.75) is 298 Å². The number of carbonyl (C=O) groups excluding carboxylic acids is 3. The van der Waals surface area contributed by atoms with Gasteiger partial charge in [-0.2, -0.15) is 0 Å². The van der Waals surface area contributed by atoms with Crippen LogP contribution in [0, 0.1) is 11.8 Å². The van der Waals surface area contributed by atoms with Crippen LogP contribution in [0.5, 0.6) is 0 Å². The lowest BCUT2D eigenvalue weighted by Gasteiger charge is -2.18. The molecule has 0 aliphatic carbocycles. The van der Waals surface area contributed by atoms with E-state index in [1.54, 1.807) is 0 Å². The van der Waals surface area contributed by atoms with Gasteiger partial charge in [0.05, 0.1) is 0 Å². The fourth-order valence-corrected chi connectivity index (χ4v) is 7.96. The van der Waals surface area contributed by atoms with Crippen molar-refractivity contribution in [2.24, 2.45) is 11.8 Å². The van der Waals surface area contributed by atoms with Crippen LogP contribution in [0.4, 0.5) is 0 Å². The number of esters is 3. The zero-order chi connectivity index (χ0) is 43.3. The van der Waals surface area contributed by atoms with Crippen molar-refractivity contribution in [3.05, 3.63) is 0 Å². The highest BCUT2D eigenvalue weighted by atomic mass is 16.6. The van der Waals surface area contributed by atoms with Gasteiger partial charge < -0.3 is 14.2 Å². The second-order valence-electron chi connectivity index (χ2n) is 18.9. The fraction of sp³-hybridized carbons (Fsp3) is 0.943. The Balaban J connectivity index is 4.29. The van der Waals surface area contributed by atoms with Crippen molar-refractivity contribution in [3.8, 4) is 0 Å². The smallest absolute Gasteiger partial charge is 0.306 e. The topological polar surface area (TPSA) is 78.9 Å². The van der Waals surface area contributed by atoms with Crippen LogP contribution < -0.4 is 0 Å². The molecule has 350 valence electrons. The number of ether oxygens (including phenoxy) is 3. The standard InChI is InChI=1S/C53H102O6/c1-6-8-9-10-11-12-13-14-15-16-17-18-22-28-33-38-43-51(54)57-46-50(59-53(56)45-40-35-30-25-24-26-31-36-41-48(3)4)47-58-52(55)44-39-34-29-23-20-19-21-27-32-37-42-49(5)7-2/h48-50H,6-47H2,1-5H3/t49?,50-/m0/s1. The predicted octanol–water partition coefficient (Wildman–Crippen LogP) is 16.9. The van der Waals surface area contributed by atoms with E-state index < -0.39 is 6.10 Å². The zero-order valence-corrected chi connectivity index (χ0v) is 40.4. The summed E-state index contributed by atoms with van der Waals surface area (Å²) in [6.07, 6.45) is 46.6. The second-order valence-corrected chi connectivity index (χ2v) is 18.9. The molecule has 6 nitrogen and oxygen atoms in total. The Morgan fingerprint density at radius 2 is 0.644 bits per heavy atom. The minimum Gasteiger partial charge on any atom is -0.462 e. The van der Waals surface area contributed by atoms with Crippen LogP contribution >= 0.6 is 0 Å². The third-order valence-electron chi connectivity index (χ3n) is 12.3. The van der Waals surface area contributed by atoms with Gasteiger partial charge in [-0.05, 0) is 31.1 Å². The summed E-state index contributed by atoms with van der Waals surface area (Å²) in [7, 11) is 0. The van der Waals surface area contributed by atoms with E-state index in [4.69, 9.17) is 14.2 Å². The molecule has 0 aromatic rings. The van der Waals surface area contributed by atoms with Gasteiger partial charge >= 0.3 is 17.9 Å². The van der Waals surface area contributed by atoms with Crippen LogP contribution in [0.1, 0.15) is 291 Å². The van der Waals surface area contributed by atoms with Gasteiger partial charge in [0.1, 0.15) is 13.2 Å². The molecule has 2 atom stereocenters. The molecule has 0 N–H and O–H groups in total. The molecule has 0 saturated carbocycles. The molecule has 0 amide bonds. The summed E-state index contributed by atoms with van der Waals surface area (Å²) in [6.45, 7) is 11.4. The monoisotopic (exact) mass is 835 g/mol. The second kappa shape index (κ2) is 45.9. The zero-order valence-electron chi connectivity index (χ0n) is 40.4. The average molecular weight is 835 g/mol. The Morgan fingerprint density at radius 1 is 0.356 bits per heavy atom. The van der Waals surface area contributed by atoms with Gasteiger partial charge in [-0.15, -0.1) is 0 Å². The largest absolute Gasteiger partial charge is 0.462 e. The summed E-state index contributed by atoms with van der Waals surface area (Å²) in [4.78, 5) is 37.9. The quantitative estimate of drug-likeness (QED) is 0.0345. The van der Waals surface area contributed by atoms with Crippen LogP contribution in [0.3, 0.4) is 0 Å². The molecule has 0 rings (SSSR count). The summed E-state index contributed by atoms with van der Waals surface area (Å²) in [5.74, 6) is 0.813. The third kappa shape index (κ3) is 45.8. The third-order valence-corrected chi connectivity index (χ3v) is 12.3. The molecule has 0 fully saturated rings. The normalized spacial score (nSPS) is 12.5. The van der Waals surface area contributed by atoms with Gasteiger partial charge in [0.15, 0.2) is 6.10 Å². The van der Waals surface area contributed by atoms with Gasteiger partial charge in [-0.25, -0.2) is 0 Å². The average Bonchev–Trinajstić information content (AvgIpc) is 3.22. The molecule has 59 heavy (non-hydrogen) atoms. The molecule has 0 aromatic heterocycles. The van der Waals surface area contributed by atoms with E-state index >= 15 is 0 Å². The number of hydrogen-bond donors (Lipinski definition) is 0. The van der Waals surface area contributed by atoms with Crippen molar-refractivity contribution < 1.29 is 28.6 Å². The first-order valence-corrected chi connectivity index (χ1v) is 26.3. The van der Waals surface area contributed by atoms with Crippen LogP contribution in [0.15, 0.2) is 0 Å². The van der Waals surface area contributed by atoms with Crippen LogP contribution in [0.2, 0.25) is 0 Å². The molecule has 0 spiro atoms. The molecule has 1 unspecified atom stereocenters. The van der Waals surface area contributed by atoms with Crippen molar-refractivity contribution >= 4 is 17.9 Å². The van der Waals surface area contributed by atoms with E-state index in [0.29, 0.717) is 19.3 Å². The fourth-order valence-electron chi connectivity index (χ4n) is 7.96. The van der Waals surface area contributed by atoms with Crippen molar-refractivity contribution in [1.82, 2.24) is 0 Å². The highest BCUT2D eigenvalue weighted by Crippen LogP contribution is 2.18. The molecular weight excluding hydrogens is 733 g/mol. The van der Waals surface area contributed by atoms with Crippen LogP contribution in [-0.2, 0) is 28.6 Å². The molecule has 0 bridgehead atoms. The summed E-state index contributed by atoms with van der Waals surface area (Å²) in [6, 6.07) is 0. The Bertz CT molecular complexity index is 902. The summed E-state index contributed by atoms with van der Waals surface area (Å²) in [5, 5.41) is 0. The van der Waals surface area contributed by atoms with Crippen molar-refractivity contribution in [2.75, 3.05) is 13.2 Å². The number of carbonyl (C=O) groups is 3. The first-order chi connectivity index (χ1) is 28.8. The maximum absolute atomic E-state index is 12.8. The van der Waals surface area contributed by atoms with E-state index in [-0.39, 0.29) is 31.1 Å². The van der Waals surface area contributed by atoms with E-state index in [9.17, 15) is 14.4 Å². The Morgan fingerprint density at radius 3 is 0.966 bits per heavy atom. The molecule has 6 heteroatoms. The number of rotatable bonds is 47. The SMILES string of the molecule is CCCCCCCCCCCCCCCCCCC(=O)OC[C@@H](COC(=O)CCCCCCCCCCCCC(C)CC)OC(=O)CCCCCCCCCCC(C)C.